The van der Waals surface area contributed by atoms with Crippen molar-refractivity contribution in [3.63, 3.8) is 0 Å². The van der Waals surface area contributed by atoms with Gasteiger partial charge in [0.2, 0.25) is 0 Å². The first kappa shape index (κ1) is 13.0. The molecule has 2 amide bonds. The highest BCUT2D eigenvalue weighted by atomic mass is 16.2. The van der Waals surface area contributed by atoms with Gasteiger partial charge in [0.25, 0.3) is 0 Å². The zero-order valence-electron chi connectivity index (χ0n) is 10.6. The Bertz CT molecular complexity index is 554. The third-order valence-electron chi connectivity index (χ3n) is 2.58. The molecule has 1 unspecified atom stereocenters. The van der Waals surface area contributed by atoms with Crippen LogP contribution in [0.5, 0.6) is 0 Å². The van der Waals surface area contributed by atoms with Gasteiger partial charge in [-0.25, -0.2) is 9.78 Å². The topological polar surface area (TPSA) is 80.0 Å². The Morgan fingerprint density at radius 3 is 2.74 bits per heavy atom. The molecule has 0 bridgehead atoms. The number of urea groups is 1. The molecule has 0 aliphatic heterocycles. The van der Waals surface area contributed by atoms with E-state index in [1.807, 2.05) is 31.2 Å². The smallest absolute Gasteiger partial charge is 0.324 e. The summed E-state index contributed by atoms with van der Waals surface area (Å²) in [5, 5.41) is 5.39. The van der Waals surface area contributed by atoms with Gasteiger partial charge in [-0.1, -0.05) is 18.2 Å². The van der Waals surface area contributed by atoms with E-state index in [0.29, 0.717) is 11.5 Å². The van der Waals surface area contributed by atoms with Crippen LogP contribution in [-0.2, 0) is 0 Å². The summed E-state index contributed by atoms with van der Waals surface area (Å²) in [6.45, 7) is 1.90. The monoisotopic (exact) mass is 256 g/mol. The Morgan fingerprint density at radius 1 is 1.21 bits per heavy atom. The first-order chi connectivity index (χ1) is 9.15. The first-order valence-corrected chi connectivity index (χ1v) is 6.00. The first-order valence-electron chi connectivity index (χ1n) is 6.00. The van der Waals surface area contributed by atoms with Crippen molar-refractivity contribution < 1.29 is 4.79 Å². The standard InChI is InChI=1S/C14H16N4O/c1-10(15)11-5-4-6-12(9-11)17-14(19)18-13-7-2-3-8-16-13/h2-10H,15H2,1H3,(H2,16,17,18,19). The molecular weight excluding hydrogens is 240 g/mol. The van der Waals surface area contributed by atoms with E-state index in [9.17, 15) is 4.79 Å². The van der Waals surface area contributed by atoms with Crippen LogP contribution in [0.3, 0.4) is 0 Å². The van der Waals surface area contributed by atoms with E-state index >= 15 is 0 Å². The number of carbonyl (C=O) groups is 1. The summed E-state index contributed by atoms with van der Waals surface area (Å²) in [5.74, 6) is 0.503. The van der Waals surface area contributed by atoms with Crippen LogP contribution in [0.2, 0.25) is 0 Å². The summed E-state index contributed by atoms with van der Waals surface area (Å²) < 4.78 is 0. The van der Waals surface area contributed by atoms with Crippen molar-refractivity contribution in [1.82, 2.24) is 4.98 Å². The fourth-order valence-corrected chi connectivity index (χ4v) is 1.62. The van der Waals surface area contributed by atoms with Gasteiger partial charge in [-0.3, -0.25) is 5.32 Å². The number of pyridine rings is 1. The highest BCUT2D eigenvalue weighted by Gasteiger charge is 2.05. The number of carbonyl (C=O) groups excluding carboxylic acids is 1. The zero-order chi connectivity index (χ0) is 13.7. The molecular formula is C14H16N4O. The summed E-state index contributed by atoms with van der Waals surface area (Å²) in [6, 6.07) is 12.3. The van der Waals surface area contributed by atoms with E-state index in [0.717, 1.165) is 5.56 Å². The molecule has 0 spiro atoms. The van der Waals surface area contributed by atoms with Crippen molar-refractivity contribution in [2.45, 2.75) is 13.0 Å². The second-order valence-corrected chi connectivity index (χ2v) is 4.21. The molecule has 1 atom stereocenters. The maximum absolute atomic E-state index is 11.8. The minimum atomic E-state index is -0.333. The fraction of sp³-hybridized carbons (Fsp3) is 0.143. The summed E-state index contributed by atoms with van der Waals surface area (Å²) in [7, 11) is 0. The predicted octanol–water partition coefficient (Wildman–Crippen LogP) is 2.75. The lowest BCUT2D eigenvalue weighted by molar-refractivity contribution is 0.262. The summed E-state index contributed by atoms with van der Waals surface area (Å²) >= 11 is 0. The molecule has 0 fully saturated rings. The van der Waals surface area contributed by atoms with Crippen LogP contribution in [0.1, 0.15) is 18.5 Å². The maximum atomic E-state index is 11.8. The quantitative estimate of drug-likeness (QED) is 0.790. The molecule has 5 heteroatoms. The van der Waals surface area contributed by atoms with Gasteiger partial charge in [0.15, 0.2) is 0 Å². The van der Waals surface area contributed by atoms with E-state index in [1.54, 1.807) is 24.4 Å². The van der Waals surface area contributed by atoms with Crippen molar-refractivity contribution in [2.75, 3.05) is 10.6 Å². The predicted molar refractivity (Wildman–Crippen MR) is 75.9 cm³/mol. The number of anilines is 2. The molecule has 0 saturated carbocycles. The Kier molecular flexibility index (Phi) is 4.10. The molecule has 4 N–H and O–H groups in total. The van der Waals surface area contributed by atoms with Gasteiger partial charge in [0, 0.05) is 17.9 Å². The molecule has 2 aromatic rings. The number of amides is 2. The number of rotatable bonds is 3. The van der Waals surface area contributed by atoms with Gasteiger partial charge in [-0.05, 0) is 36.8 Å². The van der Waals surface area contributed by atoms with E-state index in [4.69, 9.17) is 5.73 Å². The minimum Gasteiger partial charge on any atom is -0.324 e. The molecule has 0 saturated heterocycles. The second-order valence-electron chi connectivity index (χ2n) is 4.21. The molecule has 98 valence electrons. The minimum absolute atomic E-state index is 0.0689. The van der Waals surface area contributed by atoms with Crippen molar-refractivity contribution in [3.8, 4) is 0 Å². The summed E-state index contributed by atoms with van der Waals surface area (Å²) in [4.78, 5) is 15.8. The number of hydrogen-bond acceptors (Lipinski definition) is 3. The Hall–Kier alpha value is -2.40. The van der Waals surface area contributed by atoms with Crippen LogP contribution in [0, 0.1) is 0 Å². The van der Waals surface area contributed by atoms with Crippen LogP contribution in [0.15, 0.2) is 48.7 Å². The average Bonchev–Trinajstić information content (AvgIpc) is 2.40. The molecule has 0 radical (unpaired) electrons. The van der Waals surface area contributed by atoms with E-state index in [2.05, 4.69) is 15.6 Å². The van der Waals surface area contributed by atoms with Crippen molar-refractivity contribution in [1.29, 1.82) is 0 Å². The molecule has 1 heterocycles. The lowest BCUT2D eigenvalue weighted by atomic mass is 10.1. The molecule has 2 rings (SSSR count). The highest BCUT2D eigenvalue weighted by Crippen LogP contribution is 2.15. The number of nitrogens with one attached hydrogen (secondary N) is 2. The van der Waals surface area contributed by atoms with Gasteiger partial charge in [0.05, 0.1) is 0 Å². The van der Waals surface area contributed by atoms with E-state index < -0.39 is 0 Å². The fourth-order valence-electron chi connectivity index (χ4n) is 1.62. The van der Waals surface area contributed by atoms with E-state index in [-0.39, 0.29) is 12.1 Å². The Morgan fingerprint density at radius 2 is 2.05 bits per heavy atom. The van der Waals surface area contributed by atoms with Crippen LogP contribution in [0.25, 0.3) is 0 Å². The van der Waals surface area contributed by atoms with Crippen LogP contribution >= 0.6 is 0 Å². The Labute approximate surface area is 111 Å². The number of aromatic nitrogens is 1. The zero-order valence-corrected chi connectivity index (χ0v) is 10.6. The third kappa shape index (κ3) is 3.79. The van der Waals surface area contributed by atoms with E-state index in [1.165, 1.54) is 0 Å². The lowest BCUT2D eigenvalue weighted by Crippen LogP contribution is -2.20. The van der Waals surface area contributed by atoms with Gasteiger partial charge >= 0.3 is 6.03 Å². The van der Waals surface area contributed by atoms with Gasteiger partial charge in [-0.15, -0.1) is 0 Å². The molecule has 1 aromatic carbocycles. The van der Waals surface area contributed by atoms with Gasteiger partial charge < -0.3 is 11.1 Å². The van der Waals surface area contributed by atoms with Crippen LogP contribution < -0.4 is 16.4 Å². The second kappa shape index (κ2) is 5.97. The normalized spacial score (nSPS) is 11.7. The lowest BCUT2D eigenvalue weighted by Gasteiger charge is -2.10. The number of hydrogen-bond donors (Lipinski definition) is 3. The third-order valence-corrected chi connectivity index (χ3v) is 2.58. The number of nitrogens with two attached hydrogens (primary N) is 1. The van der Waals surface area contributed by atoms with Crippen molar-refractivity contribution >= 4 is 17.5 Å². The molecule has 19 heavy (non-hydrogen) atoms. The molecule has 1 aromatic heterocycles. The van der Waals surface area contributed by atoms with Crippen LogP contribution in [0.4, 0.5) is 16.3 Å². The number of benzene rings is 1. The number of nitrogens with zero attached hydrogens (tertiary/aromatic N) is 1. The van der Waals surface area contributed by atoms with Crippen molar-refractivity contribution in [2.24, 2.45) is 5.73 Å². The largest absolute Gasteiger partial charge is 0.324 e. The maximum Gasteiger partial charge on any atom is 0.324 e. The average molecular weight is 256 g/mol. The highest BCUT2D eigenvalue weighted by molar-refractivity contribution is 5.99. The van der Waals surface area contributed by atoms with Crippen molar-refractivity contribution in [3.05, 3.63) is 54.2 Å². The summed E-state index contributed by atoms with van der Waals surface area (Å²) in [5.41, 5.74) is 7.46. The van der Waals surface area contributed by atoms with Crippen LogP contribution in [-0.4, -0.2) is 11.0 Å². The Balaban J connectivity index is 2.01. The van der Waals surface area contributed by atoms with Gasteiger partial charge in [-0.2, -0.15) is 0 Å². The summed E-state index contributed by atoms with van der Waals surface area (Å²) in [6.07, 6.45) is 1.62. The molecule has 0 aliphatic rings. The SMILES string of the molecule is CC(N)c1cccc(NC(=O)Nc2ccccn2)c1. The molecule has 5 nitrogen and oxygen atoms in total. The molecule has 0 aliphatic carbocycles. The van der Waals surface area contributed by atoms with Gasteiger partial charge in [0.1, 0.15) is 5.82 Å².